The number of anilines is 1. The standard InChI is InChI=1S/C12H13FN2O3/c13-7-1-2-8(10(16)17)9(5-7)15-11(18)12(6-14)3-4-12/h1-2,5H,3-4,6,14H2,(H,15,18)(H,16,17). The average Bonchev–Trinajstić information content (AvgIpc) is 3.09. The van der Waals surface area contributed by atoms with E-state index in [-0.39, 0.29) is 23.7 Å². The van der Waals surface area contributed by atoms with Gasteiger partial charge in [-0.3, -0.25) is 4.79 Å². The van der Waals surface area contributed by atoms with E-state index >= 15 is 0 Å². The van der Waals surface area contributed by atoms with Crippen molar-refractivity contribution in [3.8, 4) is 0 Å². The zero-order valence-electron chi connectivity index (χ0n) is 9.57. The predicted octanol–water partition coefficient (Wildman–Crippen LogP) is 1.20. The molecule has 0 saturated heterocycles. The Morgan fingerprint density at radius 1 is 1.44 bits per heavy atom. The summed E-state index contributed by atoms with van der Waals surface area (Å²) in [5.74, 6) is -2.17. The number of nitrogens with two attached hydrogens (primary N) is 1. The summed E-state index contributed by atoms with van der Waals surface area (Å²) in [4.78, 5) is 22.9. The van der Waals surface area contributed by atoms with Crippen molar-refractivity contribution in [3.05, 3.63) is 29.6 Å². The molecule has 1 saturated carbocycles. The van der Waals surface area contributed by atoms with Crippen molar-refractivity contribution < 1.29 is 19.1 Å². The smallest absolute Gasteiger partial charge is 0.337 e. The van der Waals surface area contributed by atoms with E-state index in [0.29, 0.717) is 12.8 Å². The zero-order valence-corrected chi connectivity index (χ0v) is 9.57. The van der Waals surface area contributed by atoms with Gasteiger partial charge in [0.2, 0.25) is 5.91 Å². The van der Waals surface area contributed by atoms with Crippen LogP contribution in [0, 0.1) is 11.2 Å². The summed E-state index contributed by atoms with van der Waals surface area (Å²) in [5, 5.41) is 11.4. The summed E-state index contributed by atoms with van der Waals surface area (Å²) in [7, 11) is 0. The first-order valence-electron chi connectivity index (χ1n) is 5.53. The van der Waals surface area contributed by atoms with E-state index in [4.69, 9.17) is 10.8 Å². The number of hydrogen-bond acceptors (Lipinski definition) is 3. The fraction of sp³-hybridized carbons (Fsp3) is 0.333. The Kier molecular flexibility index (Phi) is 3.04. The van der Waals surface area contributed by atoms with Crippen LogP contribution in [0.4, 0.5) is 10.1 Å². The number of nitrogens with one attached hydrogen (secondary N) is 1. The first kappa shape index (κ1) is 12.5. The summed E-state index contributed by atoms with van der Waals surface area (Å²) in [5.41, 5.74) is 4.71. The minimum absolute atomic E-state index is 0.0350. The molecule has 0 spiro atoms. The lowest BCUT2D eigenvalue weighted by Crippen LogP contribution is -2.31. The molecular formula is C12H13FN2O3. The van der Waals surface area contributed by atoms with Gasteiger partial charge in [-0.2, -0.15) is 0 Å². The molecule has 18 heavy (non-hydrogen) atoms. The van der Waals surface area contributed by atoms with E-state index in [9.17, 15) is 14.0 Å². The molecule has 6 heteroatoms. The van der Waals surface area contributed by atoms with Gasteiger partial charge in [-0.15, -0.1) is 0 Å². The van der Waals surface area contributed by atoms with E-state index in [1.165, 1.54) is 0 Å². The normalized spacial score (nSPS) is 16.1. The van der Waals surface area contributed by atoms with Crippen LogP contribution in [0.25, 0.3) is 0 Å². The number of benzene rings is 1. The molecule has 0 aromatic heterocycles. The van der Waals surface area contributed by atoms with Gasteiger partial charge in [0.05, 0.1) is 16.7 Å². The first-order chi connectivity index (χ1) is 8.48. The third-order valence-electron chi connectivity index (χ3n) is 3.19. The minimum Gasteiger partial charge on any atom is -0.478 e. The summed E-state index contributed by atoms with van der Waals surface area (Å²) in [6.45, 7) is 0.205. The number of carbonyl (C=O) groups is 2. The second-order valence-corrected chi connectivity index (χ2v) is 4.43. The second-order valence-electron chi connectivity index (χ2n) is 4.43. The van der Waals surface area contributed by atoms with Crippen LogP contribution in [-0.2, 0) is 4.79 Å². The lowest BCUT2D eigenvalue weighted by atomic mass is 10.1. The molecule has 1 aliphatic rings. The van der Waals surface area contributed by atoms with Crippen LogP contribution in [0.1, 0.15) is 23.2 Å². The largest absolute Gasteiger partial charge is 0.478 e. The molecule has 1 aliphatic carbocycles. The summed E-state index contributed by atoms with van der Waals surface area (Å²) in [6.07, 6.45) is 1.35. The molecule has 1 aromatic rings. The van der Waals surface area contributed by atoms with Gasteiger partial charge in [0.1, 0.15) is 5.82 Å². The van der Waals surface area contributed by atoms with E-state index in [0.717, 1.165) is 18.2 Å². The fourth-order valence-electron chi connectivity index (χ4n) is 1.74. The molecule has 2 rings (SSSR count). The van der Waals surface area contributed by atoms with Crippen LogP contribution >= 0.6 is 0 Å². The Labute approximate surface area is 103 Å². The van der Waals surface area contributed by atoms with Crippen molar-refractivity contribution >= 4 is 17.6 Å². The Balaban J connectivity index is 2.25. The van der Waals surface area contributed by atoms with Crippen molar-refractivity contribution in [1.29, 1.82) is 0 Å². The molecule has 0 radical (unpaired) electrons. The molecule has 0 heterocycles. The fourth-order valence-corrected chi connectivity index (χ4v) is 1.74. The highest BCUT2D eigenvalue weighted by Gasteiger charge is 2.48. The second kappa shape index (κ2) is 4.38. The molecule has 1 amide bonds. The van der Waals surface area contributed by atoms with Crippen LogP contribution in [-0.4, -0.2) is 23.5 Å². The monoisotopic (exact) mass is 252 g/mol. The van der Waals surface area contributed by atoms with Crippen molar-refractivity contribution in [3.63, 3.8) is 0 Å². The zero-order chi connectivity index (χ0) is 13.3. The maximum atomic E-state index is 13.1. The Morgan fingerprint density at radius 3 is 2.61 bits per heavy atom. The van der Waals surface area contributed by atoms with Crippen LogP contribution < -0.4 is 11.1 Å². The highest BCUT2D eigenvalue weighted by Crippen LogP contribution is 2.45. The molecule has 0 bridgehead atoms. The third kappa shape index (κ3) is 2.19. The van der Waals surface area contributed by atoms with Crippen LogP contribution in [0.15, 0.2) is 18.2 Å². The maximum Gasteiger partial charge on any atom is 0.337 e. The third-order valence-corrected chi connectivity index (χ3v) is 3.19. The number of carboxylic acids is 1. The number of carboxylic acid groups (broad SMARTS) is 1. The van der Waals surface area contributed by atoms with Gasteiger partial charge in [0.25, 0.3) is 0 Å². The average molecular weight is 252 g/mol. The molecule has 96 valence electrons. The summed E-state index contributed by atoms with van der Waals surface area (Å²) in [6, 6.07) is 3.15. The van der Waals surface area contributed by atoms with Crippen molar-refractivity contribution in [2.45, 2.75) is 12.8 Å². The molecule has 1 aromatic carbocycles. The maximum absolute atomic E-state index is 13.1. The molecular weight excluding hydrogens is 239 g/mol. The molecule has 0 aliphatic heterocycles. The summed E-state index contributed by atoms with van der Waals surface area (Å²) >= 11 is 0. The minimum atomic E-state index is -1.22. The van der Waals surface area contributed by atoms with E-state index in [1.807, 2.05) is 0 Å². The first-order valence-corrected chi connectivity index (χ1v) is 5.53. The number of rotatable bonds is 4. The molecule has 0 unspecified atom stereocenters. The van der Waals surface area contributed by atoms with Gasteiger partial charge in [-0.05, 0) is 31.0 Å². The van der Waals surface area contributed by atoms with Gasteiger partial charge >= 0.3 is 5.97 Å². The van der Waals surface area contributed by atoms with Crippen molar-refractivity contribution in [2.24, 2.45) is 11.1 Å². The summed E-state index contributed by atoms with van der Waals surface area (Å²) < 4.78 is 13.1. The number of hydrogen-bond donors (Lipinski definition) is 3. The Hall–Kier alpha value is -1.95. The molecule has 4 N–H and O–H groups in total. The molecule has 5 nitrogen and oxygen atoms in total. The van der Waals surface area contributed by atoms with Crippen LogP contribution in [0.3, 0.4) is 0 Å². The Bertz CT molecular complexity index is 512. The number of halogens is 1. The van der Waals surface area contributed by atoms with Crippen molar-refractivity contribution in [2.75, 3.05) is 11.9 Å². The van der Waals surface area contributed by atoms with Gasteiger partial charge in [0.15, 0.2) is 0 Å². The van der Waals surface area contributed by atoms with E-state index in [1.54, 1.807) is 0 Å². The lowest BCUT2D eigenvalue weighted by molar-refractivity contribution is -0.120. The number of amides is 1. The highest BCUT2D eigenvalue weighted by atomic mass is 19.1. The van der Waals surface area contributed by atoms with E-state index < -0.39 is 17.2 Å². The predicted molar refractivity (Wildman–Crippen MR) is 62.7 cm³/mol. The van der Waals surface area contributed by atoms with Crippen LogP contribution in [0.5, 0.6) is 0 Å². The highest BCUT2D eigenvalue weighted by molar-refractivity contribution is 6.03. The Morgan fingerprint density at radius 2 is 2.11 bits per heavy atom. The quantitative estimate of drug-likeness (QED) is 0.750. The SMILES string of the molecule is NCC1(C(=O)Nc2cc(F)ccc2C(=O)O)CC1. The van der Waals surface area contributed by atoms with Gasteiger partial charge in [0, 0.05) is 6.54 Å². The van der Waals surface area contributed by atoms with Gasteiger partial charge in [-0.25, -0.2) is 9.18 Å². The lowest BCUT2D eigenvalue weighted by Gasteiger charge is -2.14. The number of carbonyl (C=O) groups excluding carboxylic acids is 1. The van der Waals surface area contributed by atoms with E-state index in [2.05, 4.69) is 5.32 Å². The molecule has 0 atom stereocenters. The number of aromatic carboxylic acids is 1. The van der Waals surface area contributed by atoms with Gasteiger partial charge < -0.3 is 16.2 Å². The topological polar surface area (TPSA) is 92.4 Å². The van der Waals surface area contributed by atoms with Crippen molar-refractivity contribution in [1.82, 2.24) is 0 Å². The van der Waals surface area contributed by atoms with Gasteiger partial charge in [-0.1, -0.05) is 0 Å². The van der Waals surface area contributed by atoms with Crippen LogP contribution in [0.2, 0.25) is 0 Å². The molecule has 1 fully saturated rings.